The van der Waals surface area contributed by atoms with E-state index >= 15 is 0 Å². The first kappa shape index (κ1) is 11.1. The van der Waals surface area contributed by atoms with Crippen LogP contribution in [0.2, 0.25) is 0 Å². The second kappa shape index (κ2) is 4.26. The van der Waals surface area contributed by atoms with Crippen LogP contribution in [0.3, 0.4) is 0 Å². The molecule has 1 aromatic carbocycles. The molecule has 0 heterocycles. The minimum atomic E-state index is -0.903. The zero-order chi connectivity index (χ0) is 11.7. The summed E-state index contributed by atoms with van der Waals surface area (Å²) < 4.78 is 0. The number of carboxylic acid groups (broad SMARTS) is 1. The van der Waals surface area contributed by atoms with Crippen molar-refractivity contribution in [2.45, 2.75) is 38.1 Å². The lowest BCUT2D eigenvalue weighted by atomic mass is 9.77. The largest absolute Gasteiger partial charge is 0.480 e. The number of rotatable bonds is 2. The molecule has 3 heteroatoms. The average Bonchev–Trinajstić information content (AvgIpc) is 2.28. The van der Waals surface area contributed by atoms with E-state index in [0.717, 1.165) is 24.8 Å². The number of aryl methyl sites for hydroxylation is 1. The minimum Gasteiger partial charge on any atom is -0.480 e. The third kappa shape index (κ3) is 1.83. The van der Waals surface area contributed by atoms with Crippen LogP contribution in [0.4, 0.5) is 0 Å². The van der Waals surface area contributed by atoms with E-state index in [0.29, 0.717) is 0 Å². The Morgan fingerprint density at radius 2 is 2.31 bits per heavy atom. The highest BCUT2D eigenvalue weighted by Crippen LogP contribution is 2.34. The van der Waals surface area contributed by atoms with Gasteiger partial charge in [0.1, 0.15) is 6.04 Å². The van der Waals surface area contributed by atoms with Crippen LogP contribution in [-0.4, -0.2) is 17.1 Å². The van der Waals surface area contributed by atoms with Gasteiger partial charge in [0.05, 0.1) is 0 Å². The zero-order valence-corrected chi connectivity index (χ0v) is 9.44. The van der Waals surface area contributed by atoms with Crippen LogP contribution in [0, 0.1) is 6.92 Å². The number of carboxylic acids is 1. The Bertz CT molecular complexity index is 414. The molecule has 0 aromatic heterocycles. The van der Waals surface area contributed by atoms with Crippen LogP contribution < -0.4 is 5.73 Å². The third-order valence-corrected chi connectivity index (χ3v) is 3.51. The Balaban J connectivity index is 2.40. The van der Waals surface area contributed by atoms with E-state index in [1.54, 1.807) is 0 Å². The van der Waals surface area contributed by atoms with Crippen LogP contribution in [0.15, 0.2) is 18.2 Å². The normalized spacial score (nSPS) is 21.2. The van der Waals surface area contributed by atoms with Crippen LogP contribution in [0.5, 0.6) is 0 Å². The van der Waals surface area contributed by atoms with Crippen molar-refractivity contribution in [1.29, 1.82) is 0 Å². The van der Waals surface area contributed by atoms with Gasteiger partial charge in [0.15, 0.2) is 0 Å². The van der Waals surface area contributed by atoms with Crippen LogP contribution >= 0.6 is 0 Å². The SMILES string of the molecule is Cc1cccc2c1CCCC2C(N)C(=O)O. The minimum absolute atomic E-state index is 0.0267. The quantitative estimate of drug-likeness (QED) is 0.797. The van der Waals surface area contributed by atoms with Crippen molar-refractivity contribution in [2.24, 2.45) is 5.73 Å². The molecule has 1 aliphatic carbocycles. The molecule has 0 saturated heterocycles. The van der Waals surface area contributed by atoms with Crippen molar-refractivity contribution in [3.63, 3.8) is 0 Å². The van der Waals surface area contributed by atoms with E-state index in [1.807, 2.05) is 12.1 Å². The van der Waals surface area contributed by atoms with Gasteiger partial charge in [0.25, 0.3) is 0 Å². The molecule has 2 atom stereocenters. The molecule has 1 aliphatic rings. The van der Waals surface area contributed by atoms with Crippen molar-refractivity contribution in [1.82, 2.24) is 0 Å². The highest BCUT2D eigenvalue weighted by atomic mass is 16.4. The molecule has 0 fully saturated rings. The Hall–Kier alpha value is -1.35. The Morgan fingerprint density at radius 3 is 3.00 bits per heavy atom. The fourth-order valence-electron chi connectivity index (χ4n) is 2.61. The third-order valence-electron chi connectivity index (χ3n) is 3.51. The van der Waals surface area contributed by atoms with Gasteiger partial charge >= 0.3 is 5.97 Å². The van der Waals surface area contributed by atoms with Gasteiger partial charge in [-0.15, -0.1) is 0 Å². The van der Waals surface area contributed by atoms with Gasteiger partial charge in [-0.05, 0) is 42.9 Å². The van der Waals surface area contributed by atoms with Crippen molar-refractivity contribution in [3.05, 3.63) is 34.9 Å². The Labute approximate surface area is 95.3 Å². The lowest BCUT2D eigenvalue weighted by Crippen LogP contribution is -2.38. The highest BCUT2D eigenvalue weighted by Gasteiger charge is 2.30. The number of fused-ring (bicyclic) bond motifs is 1. The summed E-state index contributed by atoms with van der Waals surface area (Å²) >= 11 is 0. The van der Waals surface area contributed by atoms with Crippen LogP contribution in [0.1, 0.15) is 35.4 Å². The molecular weight excluding hydrogens is 202 g/mol. The number of hydrogen-bond donors (Lipinski definition) is 2. The van der Waals surface area contributed by atoms with E-state index < -0.39 is 12.0 Å². The number of nitrogens with two attached hydrogens (primary N) is 1. The van der Waals surface area contributed by atoms with Crippen molar-refractivity contribution < 1.29 is 9.90 Å². The molecule has 0 saturated carbocycles. The number of hydrogen-bond acceptors (Lipinski definition) is 2. The van der Waals surface area contributed by atoms with Gasteiger partial charge in [-0.1, -0.05) is 18.2 Å². The monoisotopic (exact) mass is 219 g/mol. The first-order chi connectivity index (χ1) is 7.61. The molecule has 0 amide bonds. The maximum Gasteiger partial charge on any atom is 0.321 e. The van der Waals surface area contributed by atoms with E-state index in [9.17, 15) is 4.79 Å². The Morgan fingerprint density at radius 1 is 1.56 bits per heavy atom. The summed E-state index contributed by atoms with van der Waals surface area (Å²) in [6.07, 6.45) is 2.96. The van der Waals surface area contributed by atoms with Crippen molar-refractivity contribution >= 4 is 5.97 Å². The molecule has 2 unspecified atom stereocenters. The average molecular weight is 219 g/mol. The van der Waals surface area contributed by atoms with Gasteiger partial charge < -0.3 is 10.8 Å². The van der Waals surface area contributed by atoms with E-state index in [1.165, 1.54) is 11.1 Å². The molecule has 0 aliphatic heterocycles. The first-order valence-corrected chi connectivity index (χ1v) is 5.68. The molecule has 1 aromatic rings. The van der Waals surface area contributed by atoms with E-state index in [2.05, 4.69) is 13.0 Å². The molecule has 0 bridgehead atoms. The predicted molar refractivity (Wildman–Crippen MR) is 62.5 cm³/mol. The van der Waals surface area contributed by atoms with E-state index in [-0.39, 0.29) is 5.92 Å². The molecule has 3 nitrogen and oxygen atoms in total. The number of benzene rings is 1. The second-order valence-electron chi connectivity index (χ2n) is 4.51. The molecule has 2 rings (SSSR count). The summed E-state index contributed by atoms with van der Waals surface area (Å²) in [5.74, 6) is -0.930. The lowest BCUT2D eigenvalue weighted by Gasteiger charge is -2.29. The fraction of sp³-hybridized carbons (Fsp3) is 0.462. The standard InChI is InChI=1S/C13H17NO2/c1-8-4-2-6-10-9(8)5-3-7-11(10)12(14)13(15)16/h2,4,6,11-12H,3,5,7,14H2,1H3,(H,15,16). The summed E-state index contributed by atoms with van der Waals surface area (Å²) in [6.45, 7) is 2.08. The molecule has 86 valence electrons. The maximum absolute atomic E-state index is 11.0. The number of aliphatic carboxylic acids is 1. The number of carbonyl (C=O) groups is 1. The van der Waals surface area contributed by atoms with Crippen molar-refractivity contribution in [2.75, 3.05) is 0 Å². The summed E-state index contributed by atoms with van der Waals surface area (Å²) in [7, 11) is 0. The smallest absolute Gasteiger partial charge is 0.321 e. The van der Waals surface area contributed by atoms with Gasteiger partial charge in [-0.3, -0.25) is 4.79 Å². The topological polar surface area (TPSA) is 63.3 Å². The molecular formula is C13H17NO2. The van der Waals surface area contributed by atoms with Crippen molar-refractivity contribution in [3.8, 4) is 0 Å². The molecule has 3 N–H and O–H groups in total. The van der Waals surface area contributed by atoms with Gasteiger partial charge in [0, 0.05) is 5.92 Å². The van der Waals surface area contributed by atoms with Crippen LogP contribution in [0.25, 0.3) is 0 Å². The highest BCUT2D eigenvalue weighted by molar-refractivity contribution is 5.75. The van der Waals surface area contributed by atoms with Gasteiger partial charge in [-0.2, -0.15) is 0 Å². The summed E-state index contributed by atoms with van der Waals surface area (Å²) in [5, 5.41) is 9.00. The summed E-state index contributed by atoms with van der Waals surface area (Å²) in [6, 6.07) is 5.31. The zero-order valence-electron chi connectivity index (χ0n) is 9.44. The Kier molecular flexibility index (Phi) is 2.97. The van der Waals surface area contributed by atoms with Crippen LogP contribution in [-0.2, 0) is 11.2 Å². The second-order valence-corrected chi connectivity index (χ2v) is 4.51. The van der Waals surface area contributed by atoms with Gasteiger partial charge in [0.2, 0.25) is 0 Å². The summed E-state index contributed by atoms with van der Waals surface area (Å²) in [4.78, 5) is 11.0. The fourth-order valence-corrected chi connectivity index (χ4v) is 2.61. The predicted octanol–water partition coefficient (Wildman–Crippen LogP) is 1.83. The maximum atomic E-state index is 11.0. The first-order valence-electron chi connectivity index (χ1n) is 5.68. The van der Waals surface area contributed by atoms with Gasteiger partial charge in [-0.25, -0.2) is 0 Å². The summed E-state index contributed by atoms with van der Waals surface area (Å²) in [5.41, 5.74) is 9.45. The lowest BCUT2D eigenvalue weighted by molar-refractivity contribution is -0.139. The molecule has 0 radical (unpaired) electrons. The molecule has 0 spiro atoms. The van der Waals surface area contributed by atoms with E-state index in [4.69, 9.17) is 10.8 Å². The molecule has 16 heavy (non-hydrogen) atoms.